The second-order valence-electron chi connectivity index (χ2n) is 3.96. The summed E-state index contributed by atoms with van der Waals surface area (Å²) in [6, 6.07) is 0. The van der Waals surface area contributed by atoms with Gasteiger partial charge in [-0.1, -0.05) is 0 Å². The van der Waals surface area contributed by atoms with Gasteiger partial charge in [0, 0.05) is 26.6 Å². The van der Waals surface area contributed by atoms with Gasteiger partial charge in [0.05, 0.1) is 12.2 Å². The summed E-state index contributed by atoms with van der Waals surface area (Å²) in [6.45, 7) is 2.79. The minimum atomic E-state index is 0.0481. The van der Waals surface area contributed by atoms with E-state index in [0.717, 1.165) is 25.9 Å². The molecule has 0 bridgehead atoms. The van der Waals surface area contributed by atoms with Crippen LogP contribution in [-0.2, 0) is 14.3 Å². The lowest BCUT2D eigenvalue weighted by atomic mass is 10.1. The van der Waals surface area contributed by atoms with Gasteiger partial charge in [-0.25, -0.2) is 0 Å². The summed E-state index contributed by atoms with van der Waals surface area (Å²) in [6.07, 6.45) is 4.70. The molecule has 0 aromatic rings. The Kier molecular flexibility index (Phi) is 5.12. The smallest absolute Gasteiger partial charge is 0.135 e. The Morgan fingerprint density at radius 3 is 3.00 bits per heavy atom. The largest absolute Gasteiger partial charge is 0.381 e. The van der Waals surface area contributed by atoms with Crippen molar-refractivity contribution in [1.82, 2.24) is 0 Å². The topological polar surface area (TPSA) is 35.5 Å². The molecule has 0 aromatic heterocycles. The number of carbonyl (C=O) groups excluding carboxylic acids is 1. The van der Waals surface area contributed by atoms with Crippen LogP contribution in [0.1, 0.15) is 39.0 Å². The van der Waals surface area contributed by atoms with E-state index in [-0.39, 0.29) is 11.9 Å². The lowest BCUT2D eigenvalue weighted by molar-refractivity contribution is -0.121. The molecular formula is C11H20O3. The van der Waals surface area contributed by atoms with Gasteiger partial charge < -0.3 is 9.47 Å². The second-order valence-corrected chi connectivity index (χ2v) is 3.96. The van der Waals surface area contributed by atoms with Crippen molar-refractivity contribution in [3.63, 3.8) is 0 Å². The van der Waals surface area contributed by atoms with Crippen molar-refractivity contribution >= 4 is 5.78 Å². The number of carbonyl (C=O) groups is 1. The highest BCUT2D eigenvalue weighted by molar-refractivity contribution is 5.78. The summed E-state index contributed by atoms with van der Waals surface area (Å²) >= 11 is 0. The minimum absolute atomic E-state index is 0.0481. The number of Topliss-reactive ketones (excluding diaryl/α,β-unsaturated/α-hetero) is 1. The van der Waals surface area contributed by atoms with Gasteiger partial charge in [0.1, 0.15) is 5.78 Å². The first-order chi connectivity index (χ1) is 6.72. The van der Waals surface area contributed by atoms with Gasteiger partial charge in [-0.2, -0.15) is 0 Å². The second kappa shape index (κ2) is 6.14. The Bertz CT molecular complexity index is 173. The summed E-state index contributed by atoms with van der Waals surface area (Å²) in [5.41, 5.74) is 0. The van der Waals surface area contributed by atoms with Crippen molar-refractivity contribution < 1.29 is 14.3 Å². The lowest BCUT2D eigenvalue weighted by Crippen LogP contribution is -2.14. The first-order valence-electron chi connectivity index (χ1n) is 5.38. The third-order valence-corrected chi connectivity index (χ3v) is 2.69. The number of rotatable bonds is 6. The number of ether oxygens (including phenoxy) is 2. The van der Waals surface area contributed by atoms with Crippen LogP contribution in [0, 0.1) is 0 Å². The highest BCUT2D eigenvalue weighted by atomic mass is 16.5. The van der Waals surface area contributed by atoms with E-state index >= 15 is 0 Å². The summed E-state index contributed by atoms with van der Waals surface area (Å²) in [5, 5.41) is 0. The molecule has 0 aliphatic carbocycles. The van der Waals surface area contributed by atoms with Gasteiger partial charge in [0.25, 0.3) is 0 Å². The molecule has 0 saturated carbocycles. The molecule has 1 aliphatic rings. The Balaban J connectivity index is 2.08. The molecule has 3 heteroatoms. The van der Waals surface area contributed by atoms with Crippen molar-refractivity contribution in [3.8, 4) is 0 Å². The normalized spacial score (nSPS) is 23.7. The van der Waals surface area contributed by atoms with Crippen molar-refractivity contribution in [2.24, 2.45) is 0 Å². The molecule has 0 amide bonds. The molecule has 1 fully saturated rings. The van der Waals surface area contributed by atoms with Crippen LogP contribution in [0.15, 0.2) is 0 Å². The van der Waals surface area contributed by atoms with Crippen LogP contribution in [-0.4, -0.2) is 31.7 Å². The van der Waals surface area contributed by atoms with E-state index < -0.39 is 0 Å². The average molecular weight is 200 g/mol. The van der Waals surface area contributed by atoms with Crippen molar-refractivity contribution in [1.29, 1.82) is 0 Å². The minimum Gasteiger partial charge on any atom is -0.381 e. The van der Waals surface area contributed by atoms with E-state index in [9.17, 15) is 4.79 Å². The van der Waals surface area contributed by atoms with E-state index in [1.807, 2.05) is 6.92 Å². The van der Waals surface area contributed by atoms with Gasteiger partial charge in [-0.05, 0) is 26.2 Å². The van der Waals surface area contributed by atoms with Crippen molar-refractivity contribution in [2.75, 3.05) is 13.7 Å². The summed E-state index contributed by atoms with van der Waals surface area (Å²) < 4.78 is 10.5. The SMILES string of the molecule is COC(C)CC(=O)CCC1CCCO1. The maximum absolute atomic E-state index is 11.4. The van der Waals surface area contributed by atoms with Crippen LogP contribution in [0.25, 0.3) is 0 Å². The summed E-state index contributed by atoms with van der Waals surface area (Å²) in [5.74, 6) is 0.287. The molecule has 1 aliphatic heterocycles. The molecule has 2 unspecified atom stereocenters. The van der Waals surface area contributed by atoms with E-state index in [2.05, 4.69) is 0 Å². The predicted molar refractivity (Wildman–Crippen MR) is 54.3 cm³/mol. The maximum Gasteiger partial charge on any atom is 0.135 e. The Morgan fingerprint density at radius 2 is 2.43 bits per heavy atom. The highest BCUT2D eigenvalue weighted by Crippen LogP contribution is 2.17. The van der Waals surface area contributed by atoms with Crippen LogP contribution in [0.5, 0.6) is 0 Å². The molecule has 1 saturated heterocycles. The van der Waals surface area contributed by atoms with Crippen LogP contribution in [0.4, 0.5) is 0 Å². The third-order valence-electron chi connectivity index (χ3n) is 2.69. The molecule has 1 heterocycles. The molecule has 0 N–H and O–H groups in total. The van der Waals surface area contributed by atoms with Crippen LogP contribution >= 0.6 is 0 Å². The van der Waals surface area contributed by atoms with Crippen LogP contribution in [0.2, 0.25) is 0 Å². The molecule has 0 radical (unpaired) electrons. The van der Waals surface area contributed by atoms with Gasteiger partial charge >= 0.3 is 0 Å². The van der Waals surface area contributed by atoms with Crippen LogP contribution in [0.3, 0.4) is 0 Å². The fourth-order valence-corrected chi connectivity index (χ4v) is 1.70. The number of methoxy groups -OCH3 is 1. The zero-order valence-electron chi connectivity index (χ0n) is 9.12. The monoisotopic (exact) mass is 200 g/mol. The molecule has 3 nitrogen and oxygen atoms in total. The molecule has 2 atom stereocenters. The Morgan fingerprint density at radius 1 is 1.64 bits per heavy atom. The van der Waals surface area contributed by atoms with Crippen molar-refractivity contribution in [3.05, 3.63) is 0 Å². The number of hydrogen-bond acceptors (Lipinski definition) is 3. The lowest BCUT2D eigenvalue weighted by Gasteiger charge is -2.10. The van der Waals surface area contributed by atoms with E-state index in [4.69, 9.17) is 9.47 Å². The molecule has 82 valence electrons. The third kappa shape index (κ3) is 4.20. The standard InChI is InChI=1S/C11H20O3/c1-9(13-2)8-10(12)5-6-11-4-3-7-14-11/h9,11H,3-8H2,1-2H3. The van der Waals surface area contributed by atoms with Gasteiger partial charge in [0.15, 0.2) is 0 Å². The van der Waals surface area contributed by atoms with Gasteiger partial charge in [-0.3, -0.25) is 4.79 Å². The predicted octanol–water partition coefficient (Wildman–Crippen LogP) is 1.94. The molecule has 14 heavy (non-hydrogen) atoms. The zero-order chi connectivity index (χ0) is 10.4. The molecule has 0 spiro atoms. The first kappa shape index (κ1) is 11.7. The van der Waals surface area contributed by atoms with E-state index in [0.29, 0.717) is 18.9 Å². The fourth-order valence-electron chi connectivity index (χ4n) is 1.70. The number of hydrogen-bond donors (Lipinski definition) is 0. The first-order valence-corrected chi connectivity index (χ1v) is 5.38. The van der Waals surface area contributed by atoms with Gasteiger partial charge in [0.2, 0.25) is 0 Å². The van der Waals surface area contributed by atoms with Crippen molar-refractivity contribution in [2.45, 2.75) is 51.2 Å². The van der Waals surface area contributed by atoms with E-state index in [1.165, 1.54) is 0 Å². The fraction of sp³-hybridized carbons (Fsp3) is 0.909. The Hall–Kier alpha value is -0.410. The zero-order valence-corrected chi connectivity index (χ0v) is 9.12. The molecule has 0 aromatic carbocycles. The quantitative estimate of drug-likeness (QED) is 0.657. The molecular weight excluding hydrogens is 180 g/mol. The molecule has 1 rings (SSSR count). The average Bonchev–Trinajstić information content (AvgIpc) is 2.67. The van der Waals surface area contributed by atoms with E-state index in [1.54, 1.807) is 7.11 Å². The summed E-state index contributed by atoms with van der Waals surface area (Å²) in [7, 11) is 1.64. The van der Waals surface area contributed by atoms with Gasteiger partial charge in [-0.15, -0.1) is 0 Å². The Labute approximate surface area is 85.8 Å². The highest BCUT2D eigenvalue weighted by Gasteiger charge is 2.17. The van der Waals surface area contributed by atoms with Crippen LogP contribution < -0.4 is 0 Å². The summed E-state index contributed by atoms with van der Waals surface area (Å²) in [4.78, 5) is 11.4. The number of ketones is 1. The maximum atomic E-state index is 11.4.